The van der Waals surface area contributed by atoms with E-state index in [-0.39, 0.29) is 0 Å². The van der Waals surface area contributed by atoms with E-state index in [0.717, 1.165) is 18.9 Å². The van der Waals surface area contributed by atoms with Crippen LogP contribution in [0.5, 0.6) is 0 Å². The van der Waals surface area contributed by atoms with E-state index in [1.165, 1.54) is 5.34 Å². The van der Waals surface area contributed by atoms with Gasteiger partial charge in [0.2, 0.25) is 0 Å². The Balaban J connectivity index is 0. The van der Waals surface area contributed by atoms with Gasteiger partial charge in [-0.2, -0.15) is 0 Å². The van der Waals surface area contributed by atoms with Gasteiger partial charge in [0.15, 0.2) is 5.34 Å². The first-order chi connectivity index (χ1) is 4.18. The highest BCUT2D eigenvalue weighted by Gasteiger charge is 1.85. The number of hydrogen-bond donors (Lipinski definition) is 2. The van der Waals surface area contributed by atoms with Crippen LogP contribution in [0.2, 0.25) is 0 Å². The van der Waals surface area contributed by atoms with Gasteiger partial charge >= 0.3 is 0 Å². The lowest BCUT2D eigenvalue weighted by Gasteiger charge is -1.96. The molecule has 0 unspecified atom stereocenters. The molecule has 0 spiro atoms. The summed E-state index contributed by atoms with van der Waals surface area (Å²) < 4.78 is 0. The summed E-state index contributed by atoms with van der Waals surface area (Å²) >= 11 is 0. The first kappa shape index (κ1) is 11.2. The van der Waals surface area contributed by atoms with Crippen LogP contribution in [0.25, 0.3) is 0 Å². The van der Waals surface area contributed by atoms with Gasteiger partial charge in [-0.05, 0) is 18.9 Å². The fraction of sp³-hybridized carbons (Fsp3) is 1.00. The second-order valence-corrected chi connectivity index (χ2v) is 2.05. The third kappa shape index (κ3) is 38.0. The van der Waals surface area contributed by atoms with Crippen molar-refractivity contribution in [3.63, 3.8) is 0 Å². The van der Waals surface area contributed by atoms with Gasteiger partial charge in [-0.15, -0.1) is 4.91 Å². The Morgan fingerprint density at radius 1 is 1.67 bits per heavy atom. The van der Waals surface area contributed by atoms with Gasteiger partial charge in [0, 0.05) is 0 Å². The average molecular weight is 134 g/mol. The van der Waals surface area contributed by atoms with Crippen molar-refractivity contribution in [2.75, 3.05) is 6.54 Å². The Kier molecular flexibility index (Phi) is 12.9. The summed E-state index contributed by atoms with van der Waals surface area (Å²) in [5.74, 6) is 0.773. The van der Waals surface area contributed by atoms with Crippen LogP contribution in [0.1, 0.15) is 20.3 Å². The van der Waals surface area contributed by atoms with Crippen LogP contribution in [0.4, 0.5) is 0 Å². The highest BCUT2D eigenvalue weighted by atomic mass is 16.6. The maximum absolute atomic E-state index is 8.11. The van der Waals surface area contributed by atoms with E-state index in [4.69, 9.17) is 15.8 Å². The number of nitrogens with two attached hydrogens (primary N) is 1. The van der Waals surface area contributed by atoms with Crippen LogP contribution < -0.4 is 5.73 Å². The summed E-state index contributed by atoms with van der Waals surface area (Å²) in [6.07, 6.45) is 1.15. The van der Waals surface area contributed by atoms with Crippen molar-refractivity contribution in [2.24, 2.45) is 17.0 Å². The lowest BCUT2D eigenvalue weighted by atomic mass is 10.1. The SMILES string of the molecule is CC(C)CCN.O=NO. The van der Waals surface area contributed by atoms with Gasteiger partial charge in [-0.3, -0.25) is 0 Å². The maximum Gasteiger partial charge on any atom is 0.152 e. The fourth-order valence-corrected chi connectivity index (χ4v) is 0.333. The molecule has 0 aliphatic heterocycles. The molecule has 0 aromatic heterocycles. The van der Waals surface area contributed by atoms with Crippen LogP contribution >= 0.6 is 0 Å². The van der Waals surface area contributed by atoms with Crippen LogP contribution in [0, 0.1) is 10.8 Å². The highest BCUT2D eigenvalue weighted by Crippen LogP contribution is 1.93. The normalized spacial score (nSPS) is 8.00. The molecule has 0 radical (unpaired) electrons. The Morgan fingerprint density at radius 2 is 2.00 bits per heavy atom. The van der Waals surface area contributed by atoms with E-state index in [1.807, 2.05) is 0 Å². The number of rotatable bonds is 2. The Bertz CT molecular complexity index is 56.9. The fourth-order valence-electron chi connectivity index (χ4n) is 0.333. The summed E-state index contributed by atoms with van der Waals surface area (Å²) in [6, 6.07) is 0. The van der Waals surface area contributed by atoms with Crippen molar-refractivity contribution in [3.05, 3.63) is 4.91 Å². The molecule has 4 nitrogen and oxygen atoms in total. The van der Waals surface area contributed by atoms with E-state index in [2.05, 4.69) is 13.8 Å². The monoisotopic (exact) mass is 134 g/mol. The third-order valence-corrected chi connectivity index (χ3v) is 0.744. The summed E-state index contributed by atoms with van der Waals surface area (Å²) in [7, 11) is 0. The number of hydrogen-bond acceptors (Lipinski definition) is 3. The summed E-state index contributed by atoms with van der Waals surface area (Å²) in [4.78, 5) is 8.11. The summed E-state index contributed by atoms with van der Waals surface area (Å²) in [5, 5.41) is 7.89. The molecule has 0 atom stereocenters. The molecule has 0 aromatic carbocycles. The van der Waals surface area contributed by atoms with Crippen molar-refractivity contribution in [1.82, 2.24) is 0 Å². The molecule has 0 saturated heterocycles. The van der Waals surface area contributed by atoms with Crippen molar-refractivity contribution in [2.45, 2.75) is 20.3 Å². The largest absolute Gasteiger partial charge is 0.379 e. The molecular weight excluding hydrogens is 120 g/mol. The van der Waals surface area contributed by atoms with Gasteiger partial charge in [0.25, 0.3) is 0 Å². The standard InChI is InChI=1S/C5H13N.HNO2/c1-5(2)3-4-6;2-1-3/h5H,3-4,6H2,1-2H3;(H,2,3). The zero-order valence-electron chi connectivity index (χ0n) is 5.87. The predicted molar refractivity (Wildman–Crippen MR) is 36.1 cm³/mol. The molecule has 3 N–H and O–H groups in total. The molecule has 4 heteroatoms. The minimum absolute atomic E-state index is 0.773. The van der Waals surface area contributed by atoms with Gasteiger partial charge in [0.1, 0.15) is 0 Å². The lowest BCUT2D eigenvalue weighted by Crippen LogP contribution is -2.01. The Labute approximate surface area is 55.0 Å². The van der Waals surface area contributed by atoms with E-state index in [9.17, 15) is 0 Å². The second kappa shape index (κ2) is 10.4. The van der Waals surface area contributed by atoms with Crippen molar-refractivity contribution in [1.29, 1.82) is 0 Å². The van der Waals surface area contributed by atoms with E-state index in [0.29, 0.717) is 0 Å². The Morgan fingerprint density at radius 3 is 2.00 bits per heavy atom. The minimum Gasteiger partial charge on any atom is -0.379 e. The first-order valence-corrected chi connectivity index (χ1v) is 2.85. The van der Waals surface area contributed by atoms with E-state index < -0.39 is 0 Å². The van der Waals surface area contributed by atoms with Gasteiger partial charge in [-0.1, -0.05) is 13.8 Å². The molecule has 9 heavy (non-hydrogen) atoms. The van der Waals surface area contributed by atoms with E-state index in [1.54, 1.807) is 0 Å². The third-order valence-electron chi connectivity index (χ3n) is 0.744. The van der Waals surface area contributed by atoms with Crippen molar-refractivity contribution >= 4 is 0 Å². The molecule has 0 rings (SSSR count). The quantitative estimate of drug-likeness (QED) is 0.439. The summed E-state index contributed by atoms with van der Waals surface area (Å²) in [6.45, 7) is 5.18. The molecule has 0 heterocycles. The molecule has 0 aliphatic carbocycles. The molecule has 0 amide bonds. The highest BCUT2D eigenvalue weighted by molar-refractivity contribution is 4.42. The first-order valence-electron chi connectivity index (χ1n) is 2.85. The second-order valence-electron chi connectivity index (χ2n) is 2.05. The van der Waals surface area contributed by atoms with Gasteiger partial charge < -0.3 is 10.9 Å². The van der Waals surface area contributed by atoms with Crippen molar-refractivity contribution < 1.29 is 5.21 Å². The predicted octanol–water partition coefficient (Wildman–Crippen LogP) is 1.13. The van der Waals surface area contributed by atoms with Crippen molar-refractivity contribution in [3.8, 4) is 0 Å². The molecule has 56 valence electrons. The van der Waals surface area contributed by atoms with Crippen LogP contribution in [-0.2, 0) is 0 Å². The molecule has 0 fully saturated rings. The Hall–Kier alpha value is -0.640. The number of nitrogens with zero attached hydrogens (tertiary/aromatic N) is 1. The molecular formula is C5H14N2O2. The summed E-state index contributed by atoms with van der Waals surface area (Å²) in [5.41, 5.74) is 5.23. The lowest BCUT2D eigenvalue weighted by molar-refractivity contribution is 0.312. The average Bonchev–Trinajstić information content (AvgIpc) is 1.67. The smallest absolute Gasteiger partial charge is 0.152 e. The topological polar surface area (TPSA) is 75.7 Å². The van der Waals surface area contributed by atoms with Gasteiger partial charge in [0.05, 0.1) is 0 Å². The zero-order chi connectivity index (χ0) is 7.70. The maximum atomic E-state index is 8.11. The van der Waals surface area contributed by atoms with E-state index >= 15 is 0 Å². The van der Waals surface area contributed by atoms with Crippen LogP contribution in [0.3, 0.4) is 0 Å². The van der Waals surface area contributed by atoms with Gasteiger partial charge in [-0.25, -0.2) is 0 Å². The molecule has 0 bridgehead atoms. The zero-order valence-corrected chi connectivity index (χ0v) is 5.87. The van der Waals surface area contributed by atoms with Crippen LogP contribution in [0.15, 0.2) is 5.34 Å². The molecule has 0 saturated carbocycles. The molecule has 0 aromatic rings. The van der Waals surface area contributed by atoms with Crippen LogP contribution in [-0.4, -0.2) is 11.8 Å². The molecule has 0 aliphatic rings. The minimum atomic E-state index is 0.773.